The smallest absolute Gasteiger partial charge is 0.347 e. The van der Waals surface area contributed by atoms with E-state index in [2.05, 4.69) is 15.8 Å². The molecule has 0 fully saturated rings. The molecule has 0 aliphatic carbocycles. The molecule has 1 unspecified atom stereocenters. The monoisotopic (exact) mass is 439 g/mol. The second kappa shape index (κ2) is 12.2. The highest BCUT2D eigenvalue weighted by Gasteiger charge is 2.15. The lowest BCUT2D eigenvalue weighted by Crippen LogP contribution is -2.26. The minimum absolute atomic E-state index is 0.0204. The lowest BCUT2D eigenvalue weighted by molar-refractivity contribution is -0.150. The Labute approximate surface area is 188 Å². The molecule has 0 aliphatic heterocycles. The SMILES string of the molecule is CCOC(=O)C(C)Oc1ccc(C=NNC(=O)CCC(=O)Nc2cc(C)ccc2C)cc1. The number of ether oxygens (including phenoxy) is 2. The number of esters is 1. The Hall–Kier alpha value is -3.68. The van der Waals surface area contributed by atoms with E-state index < -0.39 is 12.1 Å². The van der Waals surface area contributed by atoms with Crippen LogP contribution in [0.4, 0.5) is 5.69 Å². The van der Waals surface area contributed by atoms with Gasteiger partial charge in [0.25, 0.3) is 0 Å². The maximum Gasteiger partial charge on any atom is 0.347 e. The fourth-order valence-corrected chi connectivity index (χ4v) is 2.69. The third kappa shape index (κ3) is 8.22. The lowest BCUT2D eigenvalue weighted by Gasteiger charge is -2.13. The van der Waals surface area contributed by atoms with Crippen LogP contribution in [0.5, 0.6) is 5.75 Å². The third-order valence-electron chi connectivity index (χ3n) is 4.46. The van der Waals surface area contributed by atoms with Crippen LogP contribution in [-0.2, 0) is 19.1 Å². The van der Waals surface area contributed by atoms with Gasteiger partial charge in [-0.3, -0.25) is 9.59 Å². The number of carbonyl (C=O) groups excluding carboxylic acids is 3. The number of hydrogen-bond acceptors (Lipinski definition) is 6. The van der Waals surface area contributed by atoms with Gasteiger partial charge in [0, 0.05) is 18.5 Å². The zero-order valence-corrected chi connectivity index (χ0v) is 18.8. The van der Waals surface area contributed by atoms with E-state index in [-0.39, 0.29) is 24.7 Å². The highest BCUT2D eigenvalue weighted by molar-refractivity contribution is 5.94. The van der Waals surface area contributed by atoms with E-state index in [1.165, 1.54) is 6.21 Å². The van der Waals surface area contributed by atoms with Crippen molar-refractivity contribution < 1.29 is 23.9 Å². The first-order valence-electron chi connectivity index (χ1n) is 10.4. The highest BCUT2D eigenvalue weighted by Crippen LogP contribution is 2.17. The van der Waals surface area contributed by atoms with E-state index in [1.54, 1.807) is 38.1 Å². The third-order valence-corrected chi connectivity index (χ3v) is 4.46. The molecule has 1 atom stereocenters. The van der Waals surface area contributed by atoms with Crippen molar-refractivity contribution >= 4 is 29.7 Å². The van der Waals surface area contributed by atoms with Gasteiger partial charge in [0.1, 0.15) is 5.75 Å². The van der Waals surface area contributed by atoms with Gasteiger partial charge in [-0.25, -0.2) is 10.2 Å². The number of nitrogens with zero attached hydrogens (tertiary/aromatic N) is 1. The maximum atomic E-state index is 12.1. The molecule has 170 valence electrons. The summed E-state index contributed by atoms with van der Waals surface area (Å²) >= 11 is 0. The van der Waals surface area contributed by atoms with E-state index in [0.29, 0.717) is 12.4 Å². The van der Waals surface area contributed by atoms with Crippen LogP contribution in [0, 0.1) is 13.8 Å². The first kappa shape index (κ1) is 24.6. The molecular weight excluding hydrogens is 410 g/mol. The van der Waals surface area contributed by atoms with Crippen LogP contribution in [0.25, 0.3) is 0 Å². The second-order valence-electron chi connectivity index (χ2n) is 7.24. The Kier molecular flexibility index (Phi) is 9.41. The first-order chi connectivity index (χ1) is 15.3. The molecule has 0 radical (unpaired) electrons. The second-order valence-corrected chi connectivity index (χ2v) is 7.24. The standard InChI is InChI=1S/C24H29N3O5/c1-5-31-24(30)18(4)32-20-10-8-19(9-11-20)15-25-27-23(29)13-12-22(28)26-21-14-16(2)6-7-17(21)3/h6-11,14-15,18H,5,12-13H2,1-4H3,(H,26,28)(H,27,29). The number of anilines is 1. The Balaban J connectivity index is 1.75. The van der Waals surface area contributed by atoms with Gasteiger partial charge < -0.3 is 14.8 Å². The summed E-state index contributed by atoms with van der Waals surface area (Å²) in [7, 11) is 0. The average Bonchev–Trinajstić information content (AvgIpc) is 2.76. The van der Waals surface area contributed by atoms with E-state index in [9.17, 15) is 14.4 Å². The van der Waals surface area contributed by atoms with Crippen molar-refractivity contribution in [2.24, 2.45) is 5.10 Å². The molecule has 8 nitrogen and oxygen atoms in total. The molecule has 0 saturated carbocycles. The molecule has 2 N–H and O–H groups in total. The van der Waals surface area contributed by atoms with Crippen molar-refractivity contribution in [3.63, 3.8) is 0 Å². The van der Waals surface area contributed by atoms with Gasteiger partial charge in [0.2, 0.25) is 11.8 Å². The molecule has 0 spiro atoms. The Morgan fingerprint density at radius 3 is 2.41 bits per heavy atom. The maximum absolute atomic E-state index is 12.1. The van der Waals surface area contributed by atoms with E-state index in [0.717, 1.165) is 22.4 Å². The van der Waals surface area contributed by atoms with Crippen molar-refractivity contribution in [1.29, 1.82) is 0 Å². The fraction of sp³-hybridized carbons (Fsp3) is 0.333. The summed E-state index contributed by atoms with van der Waals surface area (Å²) in [6.45, 7) is 7.51. The summed E-state index contributed by atoms with van der Waals surface area (Å²) in [6, 6.07) is 12.7. The molecule has 0 aromatic heterocycles. The predicted octanol–water partition coefficient (Wildman–Crippen LogP) is 3.50. The molecular formula is C24H29N3O5. The number of benzene rings is 2. The van der Waals surface area contributed by atoms with Gasteiger partial charge in [0.15, 0.2) is 6.10 Å². The Morgan fingerprint density at radius 2 is 1.72 bits per heavy atom. The Bertz CT molecular complexity index is 970. The summed E-state index contributed by atoms with van der Waals surface area (Å²) in [5, 5.41) is 6.72. The number of aryl methyl sites for hydroxylation is 2. The molecule has 0 saturated heterocycles. The number of hydrogen-bond donors (Lipinski definition) is 2. The minimum Gasteiger partial charge on any atom is -0.479 e. The van der Waals surface area contributed by atoms with Gasteiger partial charge >= 0.3 is 5.97 Å². The van der Waals surface area contributed by atoms with Gasteiger partial charge in [-0.2, -0.15) is 5.10 Å². The van der Waals surface area contributed by atoms with Crippen LogP contribution < -0.4 is 15.5 Å². The van der Waals surface area contributed by atoms with Crippen LogP contribution in [0.15, 0.2) is 47.6 Å². The average molecular weight is 440 g/mol. The van der Waals surface area contributed by atoms with Crippen LogP contribution >= 0.6 is 0 Å². The van der Waals surface area contributed by atoms with Crippen LogP contribution in [0.3, 0.4) is 0 Å². The molecule has 0 bridgehead atoms. The molecule has 0 aliphatic rings. The van der Waals surface area contributed by atoms with Gasteiger partial charge in [0.05, 0.1) is 12.8 Å². The molecule has 32 heavy (non-hydrogen) atoms. The number of nitrogens with one attached hydrogen (secondary N) is 2. The molecule has 2 aromatic rings. The van der Waals surface area contributed by atoms with Crippen LogP contribution in [0.2, 0.25) is 0 Å². The van der Waals surface area contributed by atoms with Crippen molar-refractivity contribution in [2.45, 2.75) is 46.6 Å². The van der Waals surface area contributed by atoms with Crippen molar-refractivity contribution in [3.05, 3.63) is 59.2 Å². The summed E-state index contributed by atoms with van der Waals surface area (Å²) in [5.74, 6) is -0.504. The largest absolute Gasteiger partial charge is 0.479 e. The van der Waals surface area contributed by atoms with Gasteiger partial charge in [-0.15, -0.1) is 0 Å². The number of amides is 2. The first-order valence-corrected chi connectivity index (χ1v) is 10.4. The summed E-state index contributed by atoms with van der Waals surface area (Å²) < 4.78 is 10.4. The molecule has 2 rings (SSSR count). The van der Waals surface area contributed by atoms with Crippen molar-refractivity contribution in [3.8, 4) is 5.75 Å². The van der Waals surface area contributed by atoms with E-state index in [1.807, 2.05) is 32.0 Å². The minimum atomic E-state index is -0.708. The van der Waals surface area contributed by atoms with Gasteiger partial charge in [-0.05, 0) is 74.7 Å². The van der Waals surface area contributed by atoms with Crippen molar-refractivity contribution in [1.82, 2.24) is 5.43 Å². The molecule has 2 amide bonds. The highest BCUT2D eigenvalue weighted by atomic mass is 16.6. The summed E-state index contributed by atoms with van der Waals surface area (Å²) in [5.41, 5.74) is 5.89. The van der Waals surface area contributed by atoms with E-state index >= 15 is 0 Å². The van der Waals surface area contributed by atoms with E-state index in [4.69, 9.17) is 9.47 Å². The van der Waals surface area contributed by atoms with Crippen LogP contribution in [0.1, 0.15) is 43.4 Å². The quantitative estimate of drug-likeness (QED) is 0.335. The van der Waals surface area contributed by atoms with Crippen LogP contribution in [-0.4, -0.2) is 36.7 Å². The topological polar surface area (TPSA) is 106 Å². The fourth-order valence-electron chi connectivity index (χ4n) is 2.69. The van der Waals surface area contributed by atoms with Gasteiger partial charge in [-0.1, -0.05) is 12.1 Å². The Morgan fingerprint density at radius 1 is 1.03 bits per heavy atom. The summed E-state index contributed by atoms with van der Waals surface area (Å²) in [6.07, 6.45) is 0.847. The molecule has 0 heterocycles. The summed E-state index contributed by atoms with van der Waals surface area (Å²) in [4.78, 5) is 35.6. The molecule has 2 aromatic carbocycles. The zero-order valence-electron chi connectivity index (χ0n) is 18.8. The predicted molar refractivity (Wildman–Crippen MR) is 123 cm³/mol. The molecule has 8 heteroatoms. The normalized spacial score (nSPS) is 11.6. The number of hydrazone groups is 1. The van der Waals surface area contributed by atoms with Crippen molar-refractivity contribution in [2.75, 3.05) is 11.9 Å². The zero-order chi connectivity index (χ0) is 23.5. The lowest BCUT2D eigenvalue weighted by atomic mass is 10.1. The number of rotatable bonds is 10. The number of carbonyl (C=O) groups is 3.